The Labute approximate surface area is 136 Å². The average molecular weight is 326 g/mol. The van der Waals surface area contributed by atoms with Gasteiger partial charge in [-0.25, -0.2) is 9.78 Å². The number of nitrogens with zero attached hydrogens (tertiary/aromatic N) is 1. The molecule has 1 heterocycles. The number of carbonyl (C=O) groups is 1. The predicted octanol–water partition coefficient (Wildman–Crippen LogP) is 3.84. The van der Waals surface area contributed by atoms with Crippen molar-refractivity contribution in [2.45, 2.75) is 51.7 Å². The molecule has 0 bridgehead atoms. The molecule has 6 heteroatoms. The van der Waals surface area contributed by atoms with E-state index < -0.39 is 5.60 Å². The fraction of sp³-hybridized carbons (Fsp3) is 0.625. The number of nitrogens with one attached hydrogen (secondary N) is 2. The van der Waals surface area contributed by atoms with Gasteiger partial charge < -0.3 is 15.4 Å². The Kier molecular flexibility index (Phi) is 5.51. The number of carbonyl (C=O) groups excluding carboxylic acids is 1. The Morgan fingerprint density at radius 2 is 2.18 bits per heavy atom. The minimum Gasteiger partial charge on any atom is -0.444 e. The highest BCUT2D eigenvalue weighted by atomic mass is 35.5. The second-order valence-electron chi connectivity index (χ2n) is 6.67. The third kappa shape index (κ3) is 5.37. The first-order chi connectivity index (χ1) is 10.3. The highest BCUT2D eigenvalue weighted by Gasteiger charge is 2.28. The molecule has 0 aromatic carbocycles. The Morgan fingerprint density at radius 1 is 1.41 bits per heavy atom. The van der Waals surface area contributed by atoms with E-state index in [1.807, 2.05) is 32.9 Å². The molecule has 22 heavy (non-hydrogen) atoms. The summed E-state index contributed by atoms with van der Waals surface area (Å²) < 4.78 is 5.27. The number of ether oxygens (including phenoxy) is 1. The first kappa shape index (κ1) is 16.9. The zero-order valence-corrected chi connectivity index (χ0v) is 14.1. The second-order valence-corrected chi connectivity index (χ2v) is 7.06. The summed E-state index contributed by atoms with van der Waals surface area (Å²) in [5.74, 6) is 1.15. The van der Waals surface area contributed by atoms with E-state index in [0.29, 0.717) is 23.7 Å². The third-order valence-electron chi connectivity index (χ3n) is 3.61. The van der Waals surface area contributed by atoms with Crippen LogP contribution >= 0.6 is 11.6 Å². The van der Waals surface area contributed by atoms with E-state index in [4.69, 9.17) is 16.3 Å². The van der Waals surface area contributed by atoms with Crippen LogP contribution in [0.25, 0.3) is 0 Å². The van der Waals surface area contributed by atoms with E-state index >= 15 is 0 Å². The van der Waals surface area contributed by atoms with E-state index in [2.05, 4.69) is 15.6 Å². The van der Waals surface area contributed by atoms with Gasteiger partial charge in [0.25, 0.3) is 0 Å². The SMILES string of the molecule is CC(C)(C)OC(=O)NCC1CCCC1Nc1cccc(Cl)n1. The fourth-order valence-electron chi connectivity index (χ4n) is 2.68. The minimum absolute atomic E-state index is 0.293. The molecule has 0 aliphatic heterocycles. The van der Waals surface area contributed by atoms with E-state index in [9.17, 15) is 4.79 Å². The Bertz CT molecular complexity index is 516. The van der Waals surface area contributed by atoms with Crippen LogP contribution in [0, 0.1) is 5.92 Å². The Balaban J connectivity index is 1.84. The molecule has 1 aliphatic carbocycles. The molecule has 2 atom stereocenters. The molecule has 122 valence electrons. The molecule has 5 nitrogen and oxygen atoms in total. The largest absolute Gasteiger partial charge is 0.444 e. The smallest absolute Gasteiger partial charge is 0.407 e. The number of halogens is 1. The molecule has 2 rings (SSSR count). The summed E-state index contributed by atoms with van der Waals surface area (Å²) in [6.07, 6.45) is 2.92. The predicted molar refractivity (Wildman–Crippen MR) is 88.2 cm³/mol. The molecule has 1 aliphatic rings. The van der Waals surface area contributed by atoms with Gasteiger partial charge in [-0.1, -0.05) is 24.1 Å². The minimum atomic E-state index is -0.470. The van der Waals surface area contributed by atoms with E-state index in [1.165, 1.54) is 0 Å². The van der Waals surface area contributed by atoms with Crippen molar-refractivity contribution >= 4 is 23.5 Å². The van der Waals surface area contributed by atoms with Gasteiger partial charge in [0.15, 0.2) is 0 Å². The first-order valence-corrected chi connectivity index (χ1v) is 8.07. The van der Waals surface area contributed by atoms with Crippen LogP contribution in [-0.2, 0) is 4.74 Å². The van der Waals surface area contributed by atoms with Crippen molar-refractivity contribution in [3.05, 3.63) is 23.4 Å². The van der Waals surface area contributed by atoms with Crippen molar-refractivity contribution in [1.82, 2.24) is 10.3 Å². The van der Waals surface area contributed by atoms with Gasteiger partial charge in [-0.15, -0.1) is 0 Å². The number of hydrogen-bond donors (Lipinski definition) is 2. The lowest BCUT2D eigenvalue weighted by atomic mass is 10.0. The standard InChI is InChI=1S/C16H24ClN3O2/c1-16(2,3)22-15(21)18-10-11-6-4-7-12(11)19-14-9-5-8-13(17)20-14/h5,8-9,11-12H,4,6-7,10H2,1-3H3,(H,18,21)(H,19,20). The maximum atomic E-state index is 11.7. The normalized spacial score (nSPS) is 21.5. The summed E-state index contributed by atoms with van der Waals surface area (Å²) in [6.45, 7) is 6.18. The molecule has 1 aromatic heterocycles. The number of pyridine rings is 1. The van der Waals surface area contributed by atoms with Gasteiger partial charge in [0.05, 0.1) is 0 Å². The Morgan fingerprint density at radius 3 is 2.86 bits per heavy atom. The van der Waals surface area contributed by atoms with Crippen LogP contribution in [0.5, 0.6) is 0 Å². The topological polar surface area (TPSA) is 63.2 Å². The van der Waals surface area contributed by atoms with E-state index in [0.717, 1.165) is 25.1 Å². The van der Waals surface area contributed by atoms with Crippen LogP contribution in [0.2, 0.25) is 5.15 Å². The summed E-state index contributed by atoms with van der Waals surface area (Å²) >= 11 is 5.91. The summed E-state index contributed by atoms with van der Waals surface area (Å²) in [4.78, 5) is 16.0. The van der Waals surface area contributed by atoms with Crippen LogP contribution in [0.3, 0.4) is 0 Å². The number of hydrogen-bond acceptors (Lipinski definition) is 4. The highest BCUT2D eigenvalue weighted by molar-refractivity contribution is 6.29. The molecule has 0 radical (unpaired) electrons. The summed E-state index contributed by atoms with van der Waals surface area (Å²) in [5.41, 5.74) is -0.470. The van der Waals surface area contributed by atoms with Gasteiger partial charge in [0, 0.05) is 12.6 Å². The fourth-order valence-corrected chi connectivity index (χ4v) is 2.84. The van der Waals surface area contributed by atoms with Crippen molar-refractivity contribution in [2.24, 2.45) is 5.92 Å². The Hall–Kier alpha value is -1.49. The molecule has 0 spiro atoms. The summed E-state index contributed by atoms with van der Waals surface area (Å²) in [6, 6.07) is 5.83. The van der Waals surface area contributed by atoms with Gasteiger partial charge in [-0.3, -0.25) is 0 Å². The average Bonchev–Trinajstić information content (AvgIpc) is 2.82. The van der Waals surface area contributed by atoms with Crippen LogP contribution in [0.1, 0.15) is 40.0 Å². The molecule has 1 aromatic rings. The number of amides is 1. The second kappa shape index (κ2) is 7.18. The number of aromatic nitrogens is 1. The molecule has 2 unspecified atom stereocenters. The number of alkyl carbamates (subject to hydrolysis) is 1. The lowest BCUT2D eigenvalue weighted by Crippen LogP contribution is -2.38. The summed E-state index contributed by atoms with van der Waals surface area (Å²) in [7, 11) is 0. The zero-order chi connectivity index (χ0) is 16.2. The van der Waals surface area contributed by atoms with Crippen molar-refractivity contribution in [1.29, 1.82) is 0 Å². The molecule has 1 amide bonds. The van der Waals surface area contributed by atoms with Gasteiger partial charge in [-0.2, -0.15) is 0 Å². The van der Waals surface area contributed by atoms with Crippen LogP contribution in [0.15, 0.2) is 18.2 Å². The molecule has 1 saturated carbocycles. The van der Waals surface area contributed by atoms with Gasteiger partial charge in [0.2, 0.25) is 0 Å². The van der Waals surface area contributed by atoms with E-state index in [-0.39, 0.29) is 6.09 Å². The van der Waals surface area contributed by atoms with Crippen LogP contribution in [-0.4, -0.2) is 29.3 Å². The molecular weight excluding hydrogens is 302 g/mol. The van der Waals surface area contributed by atoms with Crippen molar-refractivity contribution in [3.63, 3.8) is 0 Å². The maximum Gasteiger partial charge on any atom is 0.407 e. The highest BCUT2D eigenvalue weighted by Crippen LogP contribution is 2.28. The lowest BCUT2D eigenvalue weighted by Gasteiger charge is -2.24. The number of anilines is 1. The van der Waals surface area contributed by atoms with Crippen molar-refractivity contribution in [2.75, 3.05) is 11.9 Å². The quantitative estimate of drug-likeness (QED) is 0.826. The summed E-state index contributed by atoms with van der Waals surface area (Å²) in [5, 5.41) is 6.75. The maximum absolute atomic E-state index is 11.7. The zero-order valence-electron chi connectivity index (χ0n) is 13.4. The monoisotopic (exact) mass is 325 g/mol. The van der Waals surface area contributed by atoms with Crippen LogP contribution in [0.4, 0.5) is 10.6 Å². The molecule has 2 N–H and O–H groups in total. The number of rotatable bonds is 4. The third-order valence-corrected chi connectivity index (χ3v) is 3.83. The van der Waals surface area contributed by atoms with Crippen molar-refractivity contribution in [3.8, 4) is 0 Å². The first-order valence-electron chi connectivity index (χ1n) is 7.69. The van der Waals surface area contributed by atoms with Gasteiger partial charge in [-0.05, 0) is 51.7 Å². The molecule has 0 saturated heterocycles. The lowest BCUT2D eigenvalue weighted by molar-refractivity contribution is 0.0519. The van der Waals surface area contributed by atoms with Gasteiger partial charge in [0.1, 0.15) is 16.6 Å². The van der Waals surface area contributed by atoms with Crippen molar-refractivity contribution < 1.29 is 9.53 Å². The molecule has 1 fully saturated rings. The van der Waals surface area contributed by atoms with Crippen LogP contribution < -0.4 is 10.6 Å². The van der Waals surface area contributed by atoms with Gasteiger partial charge >= 0.3 is 6.09 Å². The molecular formula is C16H24ClN3O2. The van der Waals surface area contributed by atoms with E-state index in [1.54, 1.807) is 6.07 Å².